The molecule has 6 heteroatoms. The van der Waals surface area contributed by atoms with Gasteiger partial charge in [0.15, 0.2) is 5.82 Å². The summed E-state index contributed by atoms with van der Waals surface area (Å²) in [5.41, 5.74) is 1.64. The highest BCUT2D eigenvalue weighted by Crippen LogP contribution is 2.14. The van der Waals surface area contributed by atoms with Crippen molar-refractivity contribution in [3.63, 3.8) is 0 Å². The zero-order valence-electron chi connectivity index (χ0n) is 9.83. The maximum Gasteiger partial charge on any atom is 0.324 e. The Kier molecular flexibility index (Phi) is 3.84. The Bertz CT molecular complexity index is 535. The molecular formula is C12H13ClN4O. The summed E-state index contributed by atoms with van der Waals surface area (Å²) in [4.78, 5) is 11.7. The molecule has 1 aromatic heterocycles. The molecule has 0 fully saturated rings. The molecular weight excluding hydrogens is 252 g/mol. The molecule has 0 aliphatic heterocycles. The summed E-state index contributed by atoms with van der Waals surface area (Å²) in [7, 11) is 0. The number of rotatable bonds is 3. The van der Waals surface area contributed by atoms with E-state index in [1.807, 2.05) is 6.92 Å². The smallest absolute Gasteiger partial charge is 0.308 e. The largest absolute Gasteiger partial charge is 0.324 e. The van der Waals surface area contributed by atoms with E-state index in [0.717, 1.165) is 12.1 Å². The Morgan fingerprint density at radius 1 is 1.33 bits per heavy atom. The van der Waals surface area contributed by atoms with Crippen LogP contribution in [0.1, 0.15) is 12.6 Å². The van der Waals surface area contributed by atoms with Crippen LogP contribution in [0.4, 0.5) is 16.3 Å². The number of halogens is 1. The Morgan fingerprint density at radius 2 is 2.06 bits per heavy atom. The second kappa shape index (κ2) is 5.55. The van der Waals surface area contributed by atoms with Gasteiger partial charge in [-0.15, -0.1) is 0 Å². The van der Waals surface area contributed by atoms with E-state index in [0.29, 0.717) is 16.5 Å². The van der Waals surface area contributed by atoms with Crippen LogP contribution < -0.4 is 10.6 Å². The Balaban J connectivity index is 1.94. The summed E-state index contributed by atoms with van der Waals surface area (Å²) >= 11 is 5.75. The minimum absolute atomic E-state index is 0.341. The van der Waals surface area contributed by atoms with Crippen molar-refractivity contribution in [1.82, 2.24) is 10.2 Å². The van der Waals surface area contributed by atoms with Crippen LogP contribution in [0.2, 0.25) is 5.02 Å². The number of amides is 2. The summed E-state index contributed by atoms with van der Waals surface area (Å²) in [5, 5.41) is 12.7. The minimum atomic E-state index is -0.341. The van der Waals surface area contributed by atoms with Crippen molar-refractivity contribution in [2.75, 3.05) is 10.6 Å². The van der Waals surface area contributed by atoms with Crippen molar-refractivity contribution in [1.29, 1.82) is 0 Å². The number of carbonyl (C=O) groups excluding carboxylic acids is 1. The third kappa shape index (κ3) is 3.24. The number of anilines is 2. The lowest BCUT2D eigenvalue weighted by molar-refractivity contribution is 0.262. The molecule has 0 radical (unpaired) electrons. The van der Waals surface area contributed by atoms with Crippen molar-refractivity contribution >= 4 is 29.1 Å². The molecule has 0 spiro atoms. The number of aromatic nitrogens is 2. The fourth-order valence-corrected chi connectivity index (χ4v) is 1.54. The topological polar surface area (TPSA) is 69.8 Å². The summed E-state index contributed by atoms with van der Waals surface area (Å²) in [6.45, 7) is 2.01. The molecule has 0 saturated heterocycles. The molecule has 1 aromatic carbocycles. The summed E-state index contributed by atoms with van der Waals surface area (Å²) in [5.74, 6) is 0.498. The molecule has 3 N–H and O–H groups in total. The van der Waals surface area contributed by atoms with E-state index in [-0.39, 0.29) is 6.03 Å². The maximum atomic E-state index is 11.7. The molecule has 94 valence electrons. The van der Waals surface area contributed by atoms with Crippen LogP contribution >= 0.6 is 11.6 Å². The number of carbonyl (C=O) groups is 1. The lowest BCUT2D eigenvalue weighted by Crippen LogP contribution is -2.19. The molecule has 18 heavy (non-hydrogen) atoms. The summed E-state index contributed by atoms with van der Waals surface area (Å²) in [6, 6.07) is 8.32. The number of H-pyrrole nitrogens is 1. The first kappa shape index (κ1) is 12.4. The molecule has 0 aliphatic rings. The first-order valence-corrected chi connectivity index (χ1v) is 5.93. The number of hydrogen-bond acceptors (Lipinski definition) is 2. The summed E-state index contributed by atoms with van der Waals surface area (Å²) in [6.07, 6.45) is 0.841. The van der Waals surface area contributed by atoms with Gasteiger partial charge in [0.1, 0.15) is 0 Å². The molecule has 5 nitrogen and oxygen atoms in total. The van der Waals surface area contributed by atoms with E-state index in [1.54, 1.807) is 30.3 Å². The van der Waals surface area contributed by atoms with Crippen molar-refractivity contribution in [2.45, 2.75) is 13.3 Å². The van der Waals surface area contributed by atoms with Crippen molar-refractivity contribution in [2.24, 2.45) is 0 Å². The van der Waals surface area contributed by atoms with Gasteiger partial charge >= 0.3 is 6.03 Å². The van der Waals surface area contributed by atoms with Crippen LogP contribution in [-0.2, 0) is 6.42 Å². The van der Waals surface area contributed by atoms with Crippen LogP contribution in [0, 0.1) is 0 Å². The zero-order valence-corrected chi connectivity index (χ0v) is 10.6. The second-order valence-electron chi connectivity index (χ2n) is 3.72. The molecule has 0 bridgehead atoms. The fourth-order valence-electron chi connectivity index (χ4n) is 1.42. The molecule has 2 rings (SSSR count). The third-order valence-electron chi connectivity index (χ3n) is 2.36. The number of benzene rings is 1. The van der Waals surface area contributed by atoms with E-state index in [1.165, 1.54) is 0 Å². The van der Waals surface area contributed by atoms with Gasteiger partial charge in [0, 0.05) is 22.5 Å². The van der Waals surface area contributed by atoms with E-state index in [9.17, 15) is 4.79 Å². The second-order valence-corrected chi connectivity index (χ2v) is 4.15. The normalized spacial score (nSPS) is 10.1. The first-order chi connectivity index (χ1) is 8.67. The van der Waals surface area contributed by atoms with Gasteiger partial charge < -0.3 is 5.32 Å². The van der Waals surface area contributed by atoms with Crippen molar-refractivity contribution in [3.05, 3.63) is 41.0 Å². The lowest BCUT2D eigenvalue weighted by atomic mass is 10.3. The Hall–Kier alpha value is -2.01. The van der Waals surface area contributed by atoms with Crippen molar-refractivity contribution < 1.29 is 4.79 Å². The number of nitrogens with one attached hydrogen (secondary N) is 3. The molecule has 2 amide bonds. The third-order valence-corrected chi connectivity index (χ3v) is 2.61. The fraction of sp³-hybridized carbons (Fsp3) is 0.167. The van der Waals surface area contributed by atoms with Crippen LogP contribution in [0.5, 0.6) is 0 Å². The van der Waals surface area contributed by atoms with E-state index < -0.39 is 0 Å². The quantitative estimate of drug-likeness (QED) is 0.796. The Labute approximate surface area is 110 Å². The predicted octanol–water partition coefficient (Wildman–Crippen LogP) is 3.27. The molecule has 0 unspecified atom stereocenters. The number of hydrogen-bond donors (Lipinski definition) is 3. The van der Waals surface area contributed by atoms with Crippen LogP contribution in [-0.4, -0.2) is 16.2 Å². The standard InChI is InChI=1S/C12H13ClN4O/c1-2-9-7-11(17-16-9)15-12(18)14-10-5-3-8(13)4-6-10/h3-7H,2H2,1H3,(H3,14,15,16,17,18). The summed E-state index contributed by atoms with van der Waals surface area (Å²) < 4.78 is 0. The van der Waals surface area contributed by atoms with E-state index >= 15 is 0 Å². The first-order valence-electron chi connectivity index (χ1n) is 5.55. The average Bonchev–Trinajstić information content (AvgIpc) is 2.79. The van der Waals surface area contributed by atoms with Gasteiger partial charge in [0.2, 0.25) is 0 Å². The molecule has 0 saturated carbocycles. The Morgan fingerprint density at radius 3 is 2.67 bits per heavy atom. The van der Waals surface area contributed by atoms with Crippen LogP contribution in [0.3, 0.4) is 0 Å². The molecule has 1 heterocycles. The van der Waals surface area contributed by atoms with Gasteiger partial charge in [-0.05, 0) is 30.7 Å². The number of urea groups is 1. The lowest BCUT2D eigenvalue weighted by Gasteiger charge is -2.05. The monoisotopic (exact) mass is 264 g/mol. The van der Waals surface area contributed by atoms with Crippen LogP contribution in [0.25, 0.3) is 0 Å². The van der Waals surface area contributed by atoms with E-state index in [2.05, 4.69) is 20.8 Å². The molecule has 2 aromatic rings. The van der Waals surface area contributed by atoms with Gasteiger partial charge in [-0.2, -0.15) is 5.10 Å². The number of nitrogens with zero attached hydrogens (tertiary/aromatic N) is 1. The van der Waals surface area contributed by atoms with Crippen LogP contribution in [0.15, 0.2) is 30.3 Å². The highest BCUT2D eigenvalue weighted by atomic mass is 35.5. The number of aryl methyl sites for hydroxylation is 1. The highest BCUT2D eigenvalue weighted by Gasteiger charge is 2.05. The molecule has 0 atom stereocenters. The van der Waals surface area contributed by atoms with Gasteiger partial charge in [-0.25, -0.2) is 4.79 Å². The zero-order chi connectivity index (χ0) is 13.0. The average molecular weight is 265 g/mol. The highest BCUT2D eigenvalue weighted by molar-refractivity contribution is 6.30. The van der Waals surface area contributed by atoms with Gasteiger partial charge in [0.25, 0.3) is 0 Å². The van der Waals surface area contributed by atoms with Gasteiger partial charge in [-0.1, -0.05) is 18.5 Å². The molecule has 0 aliphatic carbocycles. The maximum absolute atomic E-state index is 11.7. The minimum Gasteiger partial charge on any atom is -0.308 e. The number of aromatic amines is 1. The SMILES string of the molecule is CCc1cc(NC(=O)Nc2ccc(Cl)cc2)n[nH]1. The van der Waals surface area contributed by atoms with Gasteiger partial charge in [0.05, 0.1) is 0 Å². The van der Waals surface area contributed by atoms with E-state index in [4.69, 9.17) is 11.6 Å². The predicted molar refractivity (Wildman–Crippen MR) is 72.1 cm³/mol. The van der Waals surface area contributed by atoms with Crippen molar-refractivity contribution in [3.8, 4) is 0 Å². The van der Waals surface area contributed by atoms with Gasteiger partial charge in [-0.3, -0.25) is 10.4 Å².